The van der Waals surface area contributed by atoms with E-state index < -0.39 is 5.24 Å². The van der Waals surface area contributed by atoms with Crippen LogP contribution in [0.1, 0.15) is 15.9 Å². The van der Waals surface area contributed by atoms with E-state index in [4.69, 9.17) is 27.9 Å². The number of carbonyl (C=O) groups is 1. The average molecular weight is 360 g/mol. The van der Waals surface area contributed by atoms with Crippen LogP contribution in [-0.2, 0) is 6.61 Å². The van der Waals surface area contributed by atoms with Crippen molar-refractivity contribution in [1.29, 1.82) is 0 Å². The molecule has 98 valence electrons. The van der Waals surface area contributed by atoms with Gasteiger partial charge in [0.25, 0.3) is 5.24 Å². The van der Waals surface area contributed by atoms with Gasteiger partial charge in [0.05, 0.1) is 5.56 Å². The number of halogens is 3. The highest BCUT2D eigenvalue weighted by atomic mass is 79.9. The molecule has 0 aliphatic rings. The minimum atomic E-state index is -0.591. The van der Waals surface area contributed by atoms with Gasteiger partial charge in [0.2, 0.25) is 0 Å². The van der Waals surface area contributed by atoms with E-state index in [1.807, 2.05) is 24.3 Å². The lowest BCUT2D eigenvalue weighted by molar-refractivity contribution is 0.107. The molecule has 0 atom stereocenters. The molecule has 0 aliphatic heterocycles. The van der Waals surface area contributed by atoms with Gasteiger partial charge in [-0.25, -0.2) is 0 Å². The van der Waals surface area contributed by atoms with Crippen LogP contribution in [0.4, 0.5) is 0 Å². The number of rotatable bonds is 4. The van der Waals surface area contributed by atoms with E-state index in [9.17, 15) is 4.79 Å². The van der Waals surface area contributed by atoms with Crippen LogP contribution in [-0.4, -0.2) is 5.24 Å². The molecule has 0 bridgehead atoms. The van der Waals surface area contributed by atoms with E-state index in [1.54, 1.807) is 12.1 Å². The molecule has 0 amide bonds. The topological polar surface area (TPSA) is 26.3 Å². The van der Waals surface area contributed by atoms with Crippen LogP contribution in [0.5, 0.6) is 5.75 Å². The van der Waals surface area contributed by atoms with Gasteiger partial charge in [-0.3, -0.25) is 4.79 Å². The number of hydrogen-bond donors (Lipinski definition) is 0. The predicted octanol–water partition coefficient (Wildman–Crippen LogP) is 5.06. The summed E-state index contributed by atoms with van der Waals surface area (Å²) in [5.41, 5.74) is 1.25. The van der Waals surface area contributed by atoms with E-state index in [0.29, 0.717) is 17.4 Å². The number of ether oxygens (including phenoxy) is 1. The van der Waals surface area contributed by atoms with Gasteiger partial charge in [-0.15, -0.1) is 0 Å². The molecule has 2 aromatic carbocycles. The molecule has 0 fully saturated rings. The summed E-state index contributed by atoms with van der Waals surface area (Å²) >= 11 is 14.7. The highest BCUT2D eigenvalue weighted by Gasteiger charge is 2.11. The zero-order chi connectivity index (χ0) is 13.8. The van der Waals surface area contributed by atoms with Gasteiger partial charge in [-0.2, -0.15) is 0 Å². The van der Waals surface area contributed by atoms with Crippen LogP contribution in [0.25, 0.3) is 0 Å². The van der Waals surface area contributed by atoms with Crippen molar-refractivity contribution in [2.45, 2.75) is 6.61 Å². The summed E-state index contributed by atoms with van der Waals surface area (Å²) in [6.45, 7) is 0.345. The third kappa shape index (κ3) is 3.96. The summed E-state index contributed by atoms with van der Waals surface area (Å²) in [6.07, 6.45) is 0. The molecule has 5 heteroatoms. The van der Waals surface area contributed by atoms with Crippen LogP contribution in [0.2, 0.25) is 5.02 Å². The summed E-state index contributed by atoms with van der Waals surface area (Å²) < 4.78 is 6.58. The Balaban J connectivity index is 2.17. The lowest BCUT2D eigenvalue weighted by Gasteiger charge is -2.09. The van der Waals surface area contributed by atoms with Gasteiger partial charge in [0.1, 0.15) is 12.4 Å². The van der Waals surface area contributed by atoms with Crippen molar-refractivity contribution < 1.29 is 9.53 Å². The highest BCUT2D eigenvalue weighted by molar-refractivity contribution is 9.10. The summed E-state index contributed by atoms with van der Waals surface area (Å²) in [5.74, 6) is 0.421. The maximum Gasteiger partial charge on any atom is 0.256 e. The molecule has 2 rings (SSSR count). The van der Waals surface area contributed by atoms with Crippen LogP contribution >= 0.6 is 39.1 Å². The van der Waals surface area contributed by atoms with E-state index >= 15 is 0 Å². The van der Waals surface area contributed by atoms with Gasteiger partial charge in [0, 0.05) is 9.50 Å². The first-order valence-electron chi connectivity index (χ1n) is 5.43. The number of benzene rings is 2. The van der Waals surface area contributed by atoms with Crippen molar-refractivity contribution in [3.05, 3.63) is 63.1 Å². The number of carbonyl (C=O) groups excluding carboxylic acids is 1. The molecule has 0 aliphatic carbocycles. The summed E-state index contributed by atoms with van der Waals surface area (Å²) in [7, 11) is 0. The highest BCUT2D eigenvalue weighted by Crippen LogP contribution is 2.25. The molecule has 0 aromatic heterocycles. The van der Waals surface area contributed by atoms with Crippen molar-refractivity contribution in [3.63, 3.8) is 0 Å². The molecule has 0 N–H and O–H groups in total. The fraction of sp³-hybridized carbons (Fsp3) is 0.0714. The Labute approximate surface area is 129 Å². The maximum absolute atomic E-state index is 11.3. The van der Waals surface area contributed by atoms with Crippen LogP contribution in [0, 0.1) is 0 Å². The first kappa shape index (κ1) is 14.4. The van der Waals surface area contributed by atoms with Crippen molar-refractivity contribution in [2.75, 3.05) is 0 Å². The number of hydrogen-bond acceptors (Lipinski definition) is 2. The molecule has 0 saturated heterocycles. The maximum atomic E-state index is 11.3. The van der Waals surface area contributed by atoms with E-state index in [2.05, 4.69) is 15.9 Å². The van der Waals surface area contributed by atoms with Gasteiger partial charge < -0.3 is 4.74 Å². The molecular weight excluding hydrogens is 351 g/mol. The van der Waals surface area contributed by atoms with Gasteiger partial charge in [0.15, 0.2) is 0 Å². The van der Waals surface area contributed by atoms with E-state index in [1.165, 1.54) is 6.07 Å². The summed E-state index contributed by atoms with van der Waals surface area (Å²) in [4.78, 5) is 11.3. The Morgan fingerprint density at radius 2 is 2.00 bits per heavy atom. The average Bonchev–Trinajstić information content (AvgIpc) is 2.37. The van der Waals surface area contributed by atoms with Gasteiger partial charge in [-0.05, 0) is 47.5 Å². The van der Waals surface area contributed by atoms with Crippen LogP contribution < -0.4 is 4.74 Å². The third-order valence-corrected chi connectivity index (χ3v) is 3.37. The molecule has 2 aromatic rings. The standard InChI is InChI=1S/C14H9BrCl2O2/c15-10-3-1-2-9(6-10)8-19-13-5-4-11(16)7-12(13)14(17)18/h1-7H,8H2. The quantitative estimate of drug-likeness (QED) is 0.713. The third-order valence-electron chi connectivity index (χ3n) is 2.44. The first-order valence-corrected chi connectivity index (χ1v) is 6.98. The lowest BCUT2D eigenvalue weighted by Crippen LogP contribution is -2.00. The fourth-order valence-electron chi connectivity index (χ4n) is 1.57. The Morgan fingerprint density at radius 3 is 2.68 bits per heavy atom. The minimum Gasteiger partial charge on any atom is -0.488 e. The van der Waals surface area contributed by atoms with Crippen molar-refractivity contribution in [1.82, 2.24) is 0 Å². The summed E-state index contributed by atoms with van der Waals surface area (Å²) in [5, 5.41) is -0.148. The molecule has 0 heterocycles. The van der Waals surface area contributed by atoms with E-state index in [-0.39, 0.29) is 5.56 Å². The Hall–Kier alpha value is -1.03. The van der Waals surface area contributed by atoms with Gasteiger partial charge in [-0.1, -0.05) is 39.7 Å². The van der Waals surface area contributed by atoms with Crippen LogP contribution in [0.3, 0.4) is 0 Å². The Bertz CT molecular complexity index is 614. The van der Waals surface area contributed by atoms with Crippen molar-refractivity contribution in [2.24, 2.45) is 0 Å². The van der Waals surface area contributed by atoms with Gasteiger partial charge >= 0.3 is 0 Å². The molecular formula is C14H9BrCl2O2. The zero-order valence-electron chi connectivity index (χ0n) is 9.70. The molecule has 0 radical (unpaired) electrons. The second kappa shape index (κ2) is 6.42. The van der Waals surface area contributed by atoms with Crippen molar-refractivity contribution in [3.8, 4) is 5.75 Å². The summed E-state index contributed by atoms with van der Waals surface area (Å²) in [6, 6.07) is 12.5. The first-order chi connectivity index (χ1) is 9.06. The van der Waals surface area contributed by atoms with E-state index in [0.717, 1.165) is 10.0 Å². The van der Waals surface area contributed by atoms with Crippen LogP contribution in [0.15, 0.2) is 46.9 Å². The Kier molecular flexibility index (Phi) is 4.86. The zero-order valence-corrected chi connectivity index (χ0v) is 12.8. The normalized spacial score (nSPS) is 10.3. The molecule has 0 saturated carbocycles. The monoisotopic (exact) mass is 358 g/mol. The SMILES string of the molecule is O=C(Cl)c1cc(Cl)ccc1OCc1cccc(Br)c1. The molecule has 0 spiro atoms. The predicted molar refractivity (Wildman–Crippen MR) is 80.1 cm³/mol. The molecule has 0 unspecified atom stereocenters. The second-order valence-corrected chi connectivity index (χ2v) is 5.53. The van der Waals surface area contributed by atoms with Crippen molar-refractivity contribution >= 4 is 44.4 Å². The second-order valence-electron chi connectivity index (χ2n) is 3.83. The Morgan fingerprint density at radius 1 is 1.21 bits per heavy atom. The molecule has 19 heavy (non-hydrogen) atoms. The smallest absolute Gasteiger partial charge is 0.256 e. The lowest BCUT2D eigenvalue weighted by atomic mass is 10.2. The molecule has 2 nitrogen and oxygen atoms in total. The minimum absolute atomic E-state index is 0.268. The fourth-order valence-corrected chi connectivity index (χ4v) is 2.34. The largest absolute Gasteiger partial charge is 0.488 e.